The van der Waals surface area contributed by atoms with Crippen molar-refractivity contribution < 1.29 is 18.0 Å². The van der Waals surface area contributed by atoms with E-state index in [-0.39, 0.29) is 28.7 Å². The summed E-state index contributed by atoms with van der Waals surface area (Å²) in [4.78, 5) is 28.3. The molecule has 1 atom stereocenters. The normalized spacial score (nSPS) is 12.0. The van der Waals surface area contributed by atoms with Gasteiger partial charge in [-0.1, -0.05) is 77.3 Å². The van der Waals surface area contributed by atoms with Crippen molar-refractivity contribution in [2.45, 2.75) is 19.0 Å². The van der Waals surface area contributed by atoms with Crippen LogP contribution in [0.1, 0.15) is 11.1 Å². The molecule has 0 aliphatic rings. The van der Waals surface area contributed by atoms with Crippen molar-refractivity contribution >= 4 is 62.3 Å². The van der Waals surface area contributed by atoms with Gasteiger partial charge in [-0.05, 0) is 41.5 Å². The number of nitrogens with zero attached hydrogens (tertiary/aromatic N) is 2. The number of hydrogen-bond acceptors (Lipinski definition) is 4. The van der Waals surface area contributed by atoms with E-state index in [1.807, 2.05) is 30.3 Å². The van der Waals surface area contributed by atoms with Crippen LogP contribution in [0.25, 0.3) is 0 Å². The topological polar surface area (TPSA) is 86.8 Å². The Kier molecular flexibility index (Phi) is 9.84. The molecule has 2 amide bonds. The molecule has 3 aromatic rings. The summed E-state index contributed by atoms with van der Waals surface area (Å²) in [7, 11) is -2.44. The third kappa shape index (κ3) is 8.10. The Morgan fingerprint density at radius 2 is 1.49 bits per heavy atom. The zero-order chi connectivity index (χ0) is 27.2. The van der Waals surface area contributed by atoms with Crippen molar-refractivity contribution in [2.24, 2.45) is 0 Å². The summed E-state index contributed by atoms with van der Waals surface area (Å²) in [5.41, 5.74) is 1.65. The van der Waals surface area contributed by atoms with Crippen LogP contribution in [-0.2, 0) is 32.6 Å². The molecular formula is C26H26Cl3N3O4S. The smallest absolute Gasteiger partial charge is 0.244 e. The maximum absolute atomic E-state index is 13.8. The lowest BCUT2D eigenvalue weighted by Crippen LogP contribution is -2.52. The predicted octanol–water partition coefficient (Wildman–Crippen LogP) is 4.80. The van der Waals surface area contributed by atoms with Gasteiger partial charge in [0.25, 0.3) is 0 Å². The lowest BCUT2D eigenvalue weighted by Gasteiger charge is -2.33. The molecule has 0 aromatic heterocycles. The van der Waals surface area contributed by atoms with Gasteiger partial charge in [0.1, 0.15) is 12.6 Å². The molecule has 0 fully saturated rings. The lowest BCUT2D eigenvalue weighted by atomic mass is 10.0. The number of benzene rings is 3. The maximum Gasteiger partial charge on any atom is 0.244 e. The maximum atomic E-state index is 13.8. The van der Waals surface area contributed by atoms with Crippen LogP contribution in [0.4, 0.5) is 5.69 Å². The molecule has 7 nitrogen and oxygen atoms in total. The molecule has 0 aliphatic heterocycles. The van der Waals surface area contributed by atoms with E-state index in [0.29, 0.717) is 10.6 Å². The first-order valence-electron chi connectivity index (χ1n) is 11.2. The fraction of sp³-hybridized carbons (Fsp3) is 0.231. The van der Waals surface area contributed by atoms with E-state index in [9.17, 15) is 18.0 Å². The van der Waals surface area contributed by atoms with E-state index in [4.69, 9.17) is 34.8 Å². The van der Waals surface area contributed by atoms with Gasteiger partial charge < -0.3 is 10.2 Å². The van der Waals surface area contributed by atoms with Gasteiger partial charge in [-0.25, -0.2) is 8.42 Å². The Balaban J connectivity index is 2.04. The van der Waals surface area contributed by atoms with Crippen LogP contribution in [0, 0.1) is 0 Å². The Morgan fingerprint density at radius 3 is 2.05 bits per heavy atom. The van der Waals surface area contributed by atoms with Crippen LogP contribution in [0.15, 0.2) is 72.8 Å². The monoisotopic (exact) mass is 581 g/mol. The first-order valence-corrected chi connectivity index (χ1v) is 14.2. The van der Waals surface area contributed by atoms with Crippen LogP contribution in [0.3, 0.4) is 0 Å². The van der Waals surface area contributed by atoms with Gasteiger partial charge in [0, 0.05) is 35.1 Å². The van der Waals surface area contributed by atoms with E-state index >= 15 is 0 Å². The molecular weight excluding hydrogens is 557 g/mol. The average molecular weight is 583 g/mol. The number of sulfonamides is 1. The molecule has 196 valence electrons. The first-order chi connectivity index (χ1) is 17.5. The summed E-state index contributed by atoms with van der Waals surface area (Å²) in [5, 5.41) is 3.52. The van der Waals surface area contributed by atoms with Crippen molar-refractivity contribution in [2.75, 3.05) is 24.2 Å². The molecule has 3 rings (SSSR count). The molecule has 0 radical (unpaired) electrons. The van der Waals surface area contributed by atoms with Gasteiger partial charge >= 0.3 is 0 Å². The highest BCUT2D eigenvalue weighted by Gasteiger charge is 2.32. The van der Waals surface area contributed by atoms with E-state index < -0.39 is 34.4 Å². The number of likely N-dealkylation sites (N-methyl/N-ethyl adjacent to an activating group) is 1. The number of anilines is 1. The van der Waals surface area contributed by atoms with Crippen LogP contribution in [0.5, 0.6) is 0 Å². The van der Waals surface area contributed by atoms with E-state index in [1.165, 1.54) is 30.1 Å². The molecule has 0 saturated heterocycles. The zero-order valence-electron chi connectivity index (χ0n) is 20.2. The highest BCUT2D eigenvalue weighted by atomic mass is 35.5. The second kappa shape index (κ2) is 12.6. The minimum Gasteiger partial charge on any atom is -0.357 e. The summed E-state index contributed by atoms with van der Waals surface area (Å²) in [5.74, 6) is -0.984. The van der Waals surface area contributed by atoms with E-state index in [1.54, 1.807) is 24.3 Å². The number of hydrogen-bond donors (Lipinski definition) is 1. The quantitative estimate of drug-likeness (QED) is 0.372. The standard InChI is InChI=1S/C26H26Cl3N3O4S/c1-30-26(34)24(12-18-7-4-3-5-8-18)31(16-19-9-6-10-20(27)11-19)25(33)17-32(37(2,35)36)23-14-21(28)13-22(29)15-23/h3-11,13-15,24H,12,16-17H2,1-2H3,(H,30,34)/t24-/m0/s1. The number of carbonyl (C=O) groups excluding carboxylic acids is 2. The van der Waals surface area contributed by atoms with Crippen molar-refractivity contribution in [3.63, 3.8) is 0 Å². The van der Waals surface area contributed by atoms with Crippen LogP contribution in [0.2, 0.25) is 15.1 Å². The third-order valence-electron chi connectivity index (χ3n) is 5.57. The Morgan fingerprint density at radius 1 is 0.865 bits per heavy atom. The van der Waals surface area contributed by atoms with E-state index in [0.717, 1.165) is 16.1 Å². The third-order valence-corrected chi connectivity index (χ3v) is 7.39. The SMILES string of the molecule is CNC(=O)[C@H](Cc1ccccc1)N(Cc1cccc(Cl)c1)C(=O)CN(c1cc(Cl)cc(Cl)c1)S(C)(=O)=O. The van der Waals surface area contributed by atoms with E-state index in [2.05, 4.69) is 5.32 Å². The summed E-state index contributed by atoms with van der Waals surface area (Å²) in [6, 6.07) is 19.5. The van der Waals surface area contributed by atoms with Crippen molar-refractivity contribution in [1.29, 1.82) is 0 Å². The first kappa shape index (κ1) is 28.8. The molecule has 1 N–H and O–H groups in total. The highest BCUT2D eigenvalue weighted by molar-refractivity contribution is 7.92. The largest absolute Gasteiger partial charge is 0.357 e. The fourth-order valence-electron chi connectivity index (χ4n) is 3.85. The molecule has 0 bridgehead atoms. The van der Waals surface area contributed by atoms with Crippen molar-refractivity contribution in [3.05, 3.63) is 99.0 Å². The van der Waals surface area contributed by atoms with Gasteiger partial charge in [-0.3, -0.25) is 13.9 Å². The molecule has 0 heterocycles. The second-order valence-electron chi connectivity index (χ2n) is 8.37. The van der Waals surface area contributed by atoms with Crippen LogP contribution < -0.4 is 9.62 Å². The van der Waals surface area contributed by atoms with Gasteiger partial charge in [-0.2, -0.15) is 0 Å². The summed E-state index contributed by atoms with van der Waals surface area (Å²) in [6.07, 6.45) is 1.20. The number of carbonyl (C=O) groups is 2. The lowest BCUT2D eigenvalue weighted by molar-refractivity contribution is -0.139. The molecule has 0 spiro atoms. The zero-order valence-corrected chi connectivity index (χ0v) is 23.3. The minimum atomic E-state index is -3.92. The van der Waals surface area contributed by atoms with Crippen molar-refractivity contribution in [1.82, 2.24) is 10.2 Å². The number of halogens is 3. The molecule has 37 heavy (non-hydrogen) atoms. The Labute approximate surface area is 232 Å². The Hall–Kier alpha value is -2.78. The number of amides is 2. The summed E-state index contributed by atoms with van der Waals surface area (Å²) in [6.45, 7) is -0.545. The van der Waals surface area contributed by atoms with Crippen LogP contribution >= 0.6 is 34.8 Å². The Bertz CT molecular complexity index is 1350. The summed E-state index contributed by atoms with van der Waals surface area (Å²) < 4.78 is 26.4. The van der Waals surface area contributed by atoms with Crippen LogP contribution in [-0.4, -0.2) is 51.0 Å². The number of rotatable bonds is 10. The molecule has 3 aromatic carbocycles. The predicted molar refractivity (Wildman–Crippen MR) is 149 cm³/mol. The van der Waals surface area contributed by atoms with Gasteiger partial charge in [0.15, 0.2) is 0 Å². The molecule has 0 aliphatic carbocycles. The highest BCUT2D eigenvalue weighted by Crippen LogP contribution is 2.27. The molecule has 0 unspecified atom stereocenters. The fourth-order valence-corrected chi connectivity index (χ4v) is 5.41. The van der Waals surface area contributed by atoms with Gasteiger partial charge in [-0.15, -0.1) is 0 Å². The summed E-state index contributed by atoms with van der Waals surface area (Å²) >= 11 is 18.4. The number of nitrogens with one attached hydrogen (secondary N) is 1. The molecule has 0 saturated carbocycles. The van der Waals surface area contributed by atoms with Gasteiger partial charge in [0.2, 0.25) is 21.8 Å². The minimum absolute atomic E-state index is 0.0260. The average Bonchev–Trinajstić information content (AvgIpc) is 2.83. The second-order valence-corrected chi connectivity index (χ2v) is 11.6. The molecule has 11 heteroatoms. The van der Waals surface area contributed by atoms with Gasteiger partial charge in [0.05, 0.1) is 11.9 Å². The van der Waals surface area contributed by atoms with Crippen molar-refractivity contribution in [3.8, 4) is 0 Å².